The van der Waals surface area contributed by atoms with Crippen molar-refractivity contribution in [2.24, 2.45) is 0 Å². The molecule has 4 rings (SSSR count). The predicted octanol–water partition coefficient (Wildman–Crippen LogP) is 0.914. The third-order valence-corrected chi connectivity index (χ3v) is 6.31. The molecule has 10 heteroatoms. The van der Waals surface area contributed by atoms with Crippen molar-refractivity contribution in [3.63, 3.8) is 0 Å². The largest absolute Gasteiger partial charge is 0.486 e. The van der Waals surface area contributed by atoms with Gasteiger partial charge in [-0.25, -0.2) is 8.42 Å². The van der Waals surface area contributed by atoms with Crippen LogP contribution in [0.2, 0.25) is 0 Å². The summed E-state index contributed by atoms with van der Waals surface area (Å²) in [5.74, 6) is 1.61. The first kappa shape index (κ1) is 17.1. The van der Waals surface area contributed by atoms with Gasteiger partial charge in [-0.2, -0.15) is 4.31 Å². The van der Waals surface area contributed by atoms with Gasteiger partial charge in [-0.15, -0.1) is 5.10 Å². The van der Waals surface area contributed by atoms with Gasteiger partial charge < -0.3 is 18.8 Å². The number of fused-ring (bicyclic) bond motifs is 1. The molecule has 3 heterocycles. The first-order valence-corrected chi connectivity index (χ1v) is 9.99. The Morgan fingerprint density at radius 3 is 2.46 bits per heavy atom. The Kier molecular flexibility index (Phi) is 4.45. The fourth-order valence-corrected chi connectivity index (χ4v) is 4.41. The van der Waals surface area contributed by atoms with Gasteiger partial charge in [0.2, 0.25) is 15.9 Å². The van der Waals surface area contributed by atoms with E-state index in [9.17, 15) is 8.42 Å². The van der Waals surface area contributed by atoms with Gasteiger partial charge >= 0.3 is 6.01 Å². The van der Waals surface area contributed by atoms with Crippen molar-refractivity contribution in [1.82, 2.24) is 14.5 Å². The second-order valence-electron chi connectivity index (χ2n) is 6.03. The van der Waals surface area contributed by atoms with Crippen LogP contribution in [-0.4, -0.2) is 62.3 Å². The Morgan fingerprint density at radius 2 is 1.77 bits per heavy atom. The average molecular weight is 380 g/mol. The number of ether oxygens (including phenoxy) is 2. The minimum absolute atomic E-state index is 0.209. The van der Waals surface area contributed by atoms with Gasteiger partial charge in [0.1, 0.15) is 13.2 Å². The van der Waals surface area contributed by atoms with Crippen LogP contribution in [-0.2, 0) is 16.4 Å². The summed E-state index contributed by atoms with van der Waals surface area (Å²) in [6.07, 6.45) is 0.672. The second-order valence-corrected chi connectivity index (χ2v) is 7.97. The van der Waals surface area contributed by atoms with Gasteiger partial charge in [0.05, 0.1) is 4.90 Å². The number of aryl methyl sites for hydroxylation is 1. The van der Waals surface area contributed by atoms with Crippen molar-refractivity contribution in [3.8, 4) is 11.5 Å². The number of sulfonamides is 1. The molecule has 140 valence electrons. The number of benzene rings is 1. The lowest BCUT2D eigenvalue weighted by Crippen LogP contribution is -2.48. The molecule has 0 radical (unpaired) electrons. The number of piperazine rings is 1. The summed E-state index contributed by atoms with van der Waals surface area (Å²) in [6.45, 7) is 4.51. The summed E-state index contributed by atoms with van der Waals surface area (Å²) in [7, 11) is -3.60. The summed E-state index contributed by atoms with van der Waals surface area (Å²) < 4.78 is 43.8. The van der Waals surface area contributed by atoms with E-state index in [1.54, 1.807) is 12.1 Å². The molecule has 0 unspecified atom stereocenters. The maximum Gasteiger partial charge on any atom is 0.318 e. The number of hydrogen-bond acceptors (Lipinski definition) is 8. The summed E-state index contributed by atoms with van der Waals surface area (Å²) in [6, 6.07) is 5.17. The van der Waals surface area contributed by atoms with Gasteiger partial charge in [0.25, 0.3) is 0 Å². The Labute approximate surface area is 151 Å². The Morgan fingerprint density at radius 1 is 1.04 bits per heavy atom. The van der Waals surface area contributed by atoms with Gasteiger partial charge in [0.15, 0.2) is 11.5 Å². The lowest BCUT2D eigenvalue weighted by Gasteiger charge is -2.33. The summed E-state index contributed by atoms with van der Waals surface area (Å²) >= 11 is 0. The van der Waals surface area contributed by atoms with Crippen molar-refractivity contribution in [2.45, 2.75) is 18.2 Å². The number of aromatic nitrogens is 2. The van der Waals surface area contributed by atoms with Crippen molar-refractivity contribution >= 4 is 16.0 Å². The zero-order chi connectivity index (χ0) is 18.1. The average Bonchev–Trinajstić information content (AvgIpc) is 3.17. The van der Waals surface area contributed by atoms with E-state index in [2.05, 4.69) is 10.2 Å². The Bertz CT molecular complexity index is 890. The predicted molar refractivity (Wildman–Crippen MR) is 92.1 cm³/mol. The molecule has 2 aliphatic rings. The lowest BCUT2D eigenvalue weighted by atomic mass is 10.3. The van der Waals surface area contributed by atoms with E-state index in [1.165, 1.54) is 10.4 Å². The van der Waals surface area contributed by atoms with Crippen molar-refractivity contribution in [1.29, 1.82) is 0 Å². The summed E-state index contributed by atoms with van der Waals surface area (Å²) in [5, 5.41) is 7.97. The highest BCUT2D eigenvalue weighted by atomic mass is 32.2. The molecule has 2 aromatic rings. The molecule has 0 bridgehead atoms. The Balaban J connectivity index is 1.47. The van der Waals surface area contributed by atoms with E-state index >= 15 is 0 Å². The molecule has 0 N–H and O–H groups in total. The van der Waals surface area contributed by atoms with E-state index in [1.807, 2.05) is 11.8 Å². The maximum atomic E-state index is 12.9. The Hall–Kier alpha value is -2.33. The molecule has 0 spiro atoms. The van der Waals surface area contributed by atoms with Crippen LogP contribution in [0.25, 0.3) is 0 Å². The number of rotatable bonds is 4. The molecule has 2 aliphatic heterocycles. The summed E-state index contributed by atoms with van der Waals surface area (Å²) in [5.41, 5.74) is 0. The fraction of sp³-hybridized carbons (Fsp3) is 0.500. The molecule has 26 heavy (non-hydrogen) atoms. The molecule has 0 aliphatic carbocycles. The van der Waals surface area contributed by atoms with Crippen LogP contribution < -0.4 is 14.4 Å². The fourth-order valence-electron chi connectivity index (χ4n) is 2.97. The molecule has 1 aromatic carbocycles. The minimum atomic E-state index is -3.60. The van der Waals surface area contributed by atoms with Crippen molar-refractivity contribution in [2.75, 3.05) is 44.3 Å². The molecule has 1 saturated heterocycles. The topological polar surface area (TPSA) is 98.0 Å². The number of nitrogens with zero attached hydrogens (tertiary/aromatic N) is 4. The summed E-state index contributed by atoms with van der Waals surface area (Å²) in [4.78, 5) is 2.11. The molecule has 0 amide bonds. The standard InChI is InChI=1S/C16H20N4O5S/c1-2-15-17-18-16(25-15)19-5-7-20(8-6-19)26(21,22)12-3-4-13-14(11-12)24-10-9-23-13/h3-4,11H,2,5-10H2,1H3. The van der Waals surface area contributed by atoms with Crippen LogP contribution in [0.1, 0.15) is 12.8 Å². The van der Waals surface area contributed by atoms with Crippen LogP contribution >= 0.6 is 0 Å². The first-order chi connectivity index (χ1) is 12.6. The highest BCUT2D eigenvalue weighted by molar-refractivity contribution is 7.89. The van der Waals surface area contributed by atoms with Gasteiger partial charge in [-0.3, -0.25) is 0 Å². The van der Waals surface area contributed by atoms with Crippen LogP contribution in [0.5, 0.6) is 11.5 Å². The smallest absolute Gasteiger partial charge is 0.318 e. The van der Waals surface area contributed by atoms with E-state index in [-0.39, 0.29) is 4.90 Å². The van der Waals surface area contributed by atoms with Crippen molar-refractivity contribution in [3.05, 3.63) is 24.1 Å². The van der Waals surface area contributed by atoms with Crippen molar-refractivity contribution < 1.29 is 22.3 Å². The second kappa shape index (κ2) is 6.76. The van der Waals surface area contributed by atoms with Crippen LogP contribution in [0, 0.1) is 0 Å². The van der Waals surface area contributed by atoms with Gasteiger partial charge in [-0.1, -0.05) is 12.0 Å². The van der Waals surface area contributed by atoms with Gasteiger partial charge in [0, 0.05) is 38.7 Å². The third kappa shape index (κ3) is 3.10. The number of anilines is 1. The molecule has 1 fully saturated rings. The number of hydrogen-bond donors (Lipinski definition) is 0. The van der Waals surface area contributed by atoms with Crippen LogP contribution in [0.3, 0.4) is 0 Å². The lowest BCUT2D eigenvalue weighted by molar-refractivity contribution is 0.171. The van der Waals surface area contributed by atoms with Crippen LogP contribution in [0.15, 0.2) is 27.5 Å². The highest BCUT2D eigenvalue weighted by Gasteiger charge is 2.31. The van der Waals surface area contributed by atoms with E-state index in [0.717, 1.165) is 0 Å². The normalized spacial score (nSPS) is 18.1. The van der Waals surface area contributed by atoms with E-state index < -0.39 is 10.0 Å². The molecular formula is C16H20N4O5S. The SMILES string of the molecule is CCc1nnc(N2CCN(S(=O)(=O)c3ccc4c(c3)OCCO4)CC2)o1. The van der Waals surface area contributed by atoms with Crippen LogP contribution in [0.4, 0.5) is 6.01 Å². The quantitative estimate of drug-likeness (QED) is 0.772. The van der Waals surface area contributed by atoms with E-state index in [4.69, 9.17) is 13.9 Å². The third-order valence-electron chi connectivity index (χ3n) is 4.42. The monoisotopic (exact) mass is 380 g/mol. The zero-order valence-corrected chi connectivity index (χ0v) is 15.2. The van der Waals surface area contributed by atoms with Gasteiger partial charge in [-0.05, 0) is 12.1 Å². The molecule has 9 nitrogen and oxygen atoms in total. The van der Waals surface area contributed by atoms with E-state index in [0.29, 0.717) is 69.2 Å². The minimum Gasteiger partial charge on any atom is -0.486 e. The molecular weight excluding hydrogens is 360 g/mol. The molecule has 0 saturated carbocycles. The molecule has 0 atom stereocenters. The highest BCUT2D eigenvalue weighted by Crippen LogP contribution is 2.33. The zero-order valence-electron chi connectivity index (χ0n) is 14.4. The maximum absolute atomic E-state index is 12.9. The first-order valence-electron chi connectivity index (χ1n) is 8.55. The molecule has 1 aromatic heterocycles.